The average molecular weight is 309 g/mol. The lowest BCUT2D eigenvalue weighted by Gasteiger charge is -2.40. The molecular formula is C20H23NO2. The smallest absolute Gasteiger partial charge is 0.230 e. The number of nitrogens with one attached hydrogen (secondary N) is 1. The van der Waals surface area contributed by atoms with Gasteiger partial charge in [-0.05, 0) is 31.4 Å². The van der Waals surface area contributed by atoms with E-state index in [1.165, 1.54) is 0 Å². The van der Waals surface area contributed by atoms with Crippen LogP contribution in [-0.2, 0) is 16.8 Å². The van der Waals surface area contributed by atoms with Gasteiger partial charge in [0.25, 0.3) is 0 Å². The van der Waals surface area contributed by atoms with Gasteiger partial charge in [-0.1, -0.05) is 55.0 Å². The summed E-state index contributed by atoms with van der Waals surface area (Å²) < 4.78 is 5.63. The molecule has 3 nitrogen and oxygen atoms in total. The lowest BCUT2D eigenvalue weighted by molar-refractivity contribution is -0.130. The van der Waals surface area contributed by atoms with Gasteiger partial charge in [0, 0.05) is 12.1 Å². The number of amides is 1. The van der Waals surface area contributed by atoms with Gasteiger partial charge in [0.15, 0.2) is 0 Å². The summed E-state index contributed by atoms with van der Waals surface area (Å²) in [6.07, 6.45) is 2.96. The lowest BCUT2D eigenvalue weighted by atomic mass is 9.64. The molecule has 0 atom stereocenters. The van der Waals surface area contributed by atoms with E-state index in [4.69, 9.17) is 4.74 Å². The monoisotopic (exact) mass is 309 g/mol. The Balaban J connectivity index is 1.72. The molecule has 1 fully saturated rings. The summed E-state index contributed by atoms with van der Waals surface area (Å²) >= 11 is 0. The Morgan fingerprint density at radius 1 is 1.09 bits per heavy atom. The summed E-state index contributed by atoms with van der Waals surface area (Å²) in [5.74, 6) is 0.971. The molecule has 0 unspecified atom stereocenters. The normalized spacial score (nSPS) is 15.5. The van der Waals surface area contributed by atoms with E-state index in [9.17, 15) is 4.79 Å². The fraction of sp³-hybridized carbons (Fsp3) is 0.350. The number of hydrogen-bond donors (Lipinski definition) is 1. The molecule has 23 heavy (non-hydrogen) atoms. The van der Waals surface area contributed by atoms with Crippen molar-refractivity contribution in [3.05, 3.63) is 65.7 Å². The standard InChI is InChI=1S/C20H23NO2/c1-2-23-18-12-7-6-9-16(18)15-21-19(22)20(13-8-14-20)17-10-4-3-5-11-17/h3-7,9-12H,2,8,13-15H2,1H3,(H,21,22). The molecule has 2 aromatic carbocycles. The zero-order chi connectivity index (χ0) is 16.1. The highest BCUT2D eigenvalue weighted by Gasteiger charge is 2.45. The first-order valence-corrected chi connectivity index (χ1v) is 8.31. The lowest BCUT2D eigenvalue weighted by Crippen LogP contribution is -2.49. The molecule has 1 amide bonds. The van der Waals surface area contributed by atoms with Crippen LogP contribution in [0.3, 0.4) is 0 Å². The summed E-state index contributed by atoms with van der Waals surface area (Å²) in [6, 6.07) is 18.0. The molecule has 0 saturated heterocycles. The molecule has 120 valence electrons. The van der Waals surface area contributed by atoms with Crippen LogP contribution in [0.1, 0.15) is 37.3 Å². The van der Waals surface area contributed by atoms with Crippen LogP contribution in [0, 0.1) is 0 Å². The van der Waals surface area contributed by atoms with Gasteiger partial charge in [0.1, 0.15) is 5.75 Å². The van der Waals surface area contributed by atoms with Crippen LogP contribution >= 0.6 is 0 Å². The summed E-state index contributed by atoms with van der Waals surface area (Å²) in [5, 5.41) is 3.12. The quantitative estimate of drug-likeness (QED) is 0.881. The van der Waals surface area contributed by atoms with Crippen molar-refractivity contribution in [3.63, 3.8) is 0 Å². The molecule has 1 N–H and O–H groups in total. The number of carbonyl (C=O) groups is 1. The molecule has 0 spiro atoms. The average Bonchev–Trinajstić information content (AvgIpc) is 2.54. The molecule has 2 aromatic rings. The highest BCUT2D eigenvalue weighted by molar-refractivity contribution is 5.89. The van der Waals surface area contributed by atoms with Crippen molar-refractivity contribution in [2.75, 3.05) is 6.61 Å². The topological polar surface area (TPSA) is 38.3 Å². The van der Waals surface area contributed by atoms with E-state index in [1.807, 2.05) is 49.4 Å². The van der Waals surface area contributed by atoms with Gasteiger partial charge in [0.2, 0.25) is 5.91 Å². The summed E-state index contributed by atoms with van der Waals surface area (Å²) in [7, 11) is 0. The minimum absolute atomic E-state index is 0.126. The fourth-order valence-corrected chi connectivity index (χ4v) is 3.23. The number of carbonyl (C=O) groups excluding carboxylic acids is 1. The van der Waals surface area contributed by atoms with Gasteiger partial charge >= 0.3 is 0 Å². The Bertz CT molecular complexity index is 662. The van der Waals surface area contributed by atoms with Gasteiger partial charge in [-0.2, -0.15) is 0 Å². The number of rotatable bonds is 6. The molecular weight excluding hydrogens is 286 g/mol. The molecule has 3 heteroatoms. The van der Waals surface area contributed by atoms with Crippen molar-refractivity contribution < 1.29 is 9.53 Å². The van der Waals surface area contributed by atoms with Crippen LogP contribution in [0.2, 0.25) is 0 Å². The van der Waals surface area contributed by atoms with Crippen LogP contribution in [-0.4, -0.2) is 12.5 Å². The Hall–Kier alpha value is -2.29. The molecule has 1 saturated carbocycles. The largest absolute Gasteiger partial charge is 0.494 e. The minimum Gasteiger partial charge on any atom is -0.494 e. The van der Waals surface area contributed by atoms with Crippen LogP contribution in [0.25, 0.3) is 0 Å². The van der Waals surface area contributed by atoms with Crippen molar-refractivity contribution >= 4 is 5.91 Å². The maximum atomic E-state index is 12.8. The van der Waals surface area contributed by atoms with E-state index in [0.717, 1.165) is 36.1 Å². The van der Waals surface area contributed by atoms with Crippen molar-refractivity contribution in [2.45, 2.75) is 38.1 Å². The van der Waals surface area contributed by atoms with E-state index in [1.54, 1.807) is 0 Å². The molecule has 0 heterocycles. The number of para-hydroxylation sites is 1. The summed E-state index contributed by atoms with van der Waals surface area (Å²) in [4.78, 5) is 12.8. The first-order valence-electron chi connectivity index (χ1n) is 8.31. The predicted molar refractivity (Wildman–Crippen MR) is 91.4 cm³/mol. The van der Waals surface area contributed by atoms with Gasteiger partial charge in [-0.3, -0.25) is 4.79 Å². The highest BCUT2D eigenvalue weighted by atomic mass is 16.5. The highest BCUT2D eigenvalue weighted by Crippen LogP contribution is 2.43. The zero-order valence-corrected chi connectivity index (χ0v) is 13.5. The Morgan fingerprint density at radius 3 is 2.43 bits per heavy atom. The minimum atomic E-state index is -0.345. The Kier molecular flexibility index (Phi) is 4.65. The van der Waals surface area contributed by atoms with Gasteiger partial charge in [0.05, 0.1) is 12.0 Å². The Morgan fingerprint density at radius 2 is 1.78 bits per heavy atom. The van der Waals surface area contributed by atoms with Crippen molar-refractivity contribution in [1.82, 2.24) is 5.32 Å². The predicted octanol–water partition coefficient (Wildman–Crippen LogP) is 3.82. The number of benzene rings is 2. The van der Waals surface area contributed by atoms with E-state index in [2.05, 4.69) is 17.4 Å². The number of hydrogen-bond acceptors (Lipinski definition) is 2. The summed E-state index contributed by atoms with van der Waals surface area (Å²) in [5.41, 5.74) is 1.80. The van der Waals surface area contributed by atoms with Crippen molar-refractivity contribution in [3.8, 4) is 5.75 Å². The third-order valence-electron chi connectivity index (χ3n) is 4.68. The van der Waals surface area contributed by atoms with Crippen LogP contribution in [0.15, 0.2) is 54.6 Å². The third-order valence-corrected chi connectivity index (χ3v) is 4.68. The Labute approximate surface area is 137 Å². The zero-order valence-electron chi connectivity index (χ0n) is 13.5. The van der Waals surface area contributed by atoms with E-state index in [0.29, 0.717) is 13.2 Å². The first kappa shape index (κ1) is 15.6. The van der Waals surface area contributed by atoms with E-state index >= 15 is 0 Å². The molecule has 0 bridgehead atoms. The fourth-order valence-electron chi connectivity index (χ4n) is 3.23. The van der Waals surface area contributed by atoms with Crippen LogP contribution < -0.4 is 10.1 Å². The second kappa shape index (κ2) is 6.86. The van der Waals surface area contributed by atoms with Crippen molar-refractivity contribution in [2.24, 2.45) is 0 Å². The van der Waals surface area contributed by atoms with Gasteiger partial charge < -0.3 is 10.1 Å². The first-order chi connectivity index (χ1) is 11.3. The second-order valence-corrected chi connectivity index (χ2v) is 6.03. The molecule has 0 aliphatic heterocycles. The van der Waals surface area contributed by atoms with Crippen molar-refractivity contribution in [1.29, 1.82) is 0 Å². The number of ether oxygens (including phenoxy) is 1. The van der Waals surface area contributed by atoms with E-state index in [-0.39, 0.29) is 11.3 Å². The molecule has 0 aromatic heterocycles. The summed E-state index contributed by atoms with van der Waals surface area (Å²) in [6.45, 7) is 3.09. The second-order valence-electron chi connectivity index (χ2n) is 6.03. The molecule has 1 aliphatic rings. The molecule has 3 rings (SSSR count). The molecule has 1 aliphatic carbocycles. The van der Waals surface area contributed by atoms with Crippen LogP contribution in [0.4, 0.5) is 0 Å². The molecule has 0 radical (unpaired) electrons. The maximum absolute atomic E-state index is 12.8. The van der Waals surface area contributed by atoms with Crippen LogP contribution in [0.5, 0.6) is 5.75 Å². The van der Waals surface area contributed by atoms with E-state index < -0.39 is 0 Å². The van der Waals surface area contributed by atoms with Gasteiger partial charge in [-0.15, -0.1) is 0 Å². The maximum Gasteiger partial charge on any atom is 0.230 e. The SMILES string of the molecule is CCOc1ccccc1CNC(=O)C1(c2ccccc2)CCC1. The van der Waals surface area contributed by atoms with Gasteiger partial charge in [-0.25, -0.2) is 0 Å². The third kappa shape index (κ3) is 3.09.